The molecule has 4 aliphatic rings. The number of H-pyrrole nitrogens is 2. The molecule has 546 valence electrons. The third kappa shape index (κ3) is 22.5. The highest BCUT2D eigenvalue weighted by molar-refractivity contribution is 7.86. The molecule has 2 aliphatic heterocycles. The Morgan fingerprint density at radius 2 is 1.44 bits per heavy atom. The maximum Gasteiger partial charge on any atom is 0.425 e. The minimum Gasteiger partial charge on any atom is -0.479 e. The van der Waals surface area contributed by atoms with Gasteiger partial charge in [-0.3, -0.25) is 38.1 Å². The normalized spacial score (nSPS) is 26.2. The van der Waals surface area contributed by atoms with Crippen LogP contribution in [-0.2, 0) is 87.9 Å². The maximum absolute atomic E-state index is 14.5. The Morgan fingerprint density at radius 3 is 2.09 bits per heavy atom. The van der Waals surface area contributed by atoms with Gasteiger partial charge < -0.3 is 89.5 Å². The van der Waals surface area contributed by atoms with Crippen molar-refractivity contribution in [3.8, 4) is 0 Å². The molecule has 14 unspecified atom stereocenters. The number of nitrogens with one attached hydrogen (secondary N) is 5. The van der Waals surface area contributed by atoms with Gasteiger partial charge in [0.1, 0.15) is 72.3 Å². The van der Waals surface area contributed by atoms with Gasteiger partial charge in [0, 0.05) is 36.0 Å². The summed E-state index contributed by atoms with van der Waals surface area (Å²) in [5, 5.41) is 73.8. The summed E-state index contributed by atoms with van der Waals surface area (Å²) in [7, 11) is -13.0. The summed E-state index contributed by atoms with van der Waals surface area (Å²) in [5.41, 5.74) is -2.61. The number of rotatable bonds is 31. The Balaban J connectivity index is 0.00000335. The van der Waals surface area contributed by atoms with Crippen molar-refractivity contribution in [2.45, 2.75) is 167 Å². The van der Waals surface area contributed by atoms with Crippen LogP contribution in [0.15, 0.2) is 86.1 Å². The van der Waals surface area contributed by atoms with Crippen molar-refractivity contribution in [2.75, 3.05) is 51.4 Å². The number of ketones is 2. The van der Waals surface area contributed by atoms with Crippen molar-refractivity contribution in [1.29, 1.82) is 0 Å². The first-order valence-corrected chi connectivity index (χ1v) is 34.9. The Hall–Kier alpha value is -7.42. The van der Waals surface area contributed by atoms with Gasteiger partial charge in [0.15, 0.2) is 30.6 Å². The average Bonchev–Trinajstić information content (AvgIpc) is 0.769. The monoisotopic (exact) mass is 1460 g/mol. The molecule has 2 saturated carbocycles. The summed E-state index contributed by atoms with van der Waals surface area (Å²) >= 11 is 0. The fourth-order valence-corrected chi connectivity index (χ4v) is 13.2. The van der Waals surface area contributed by atoms with Crippen molar-refractivity contribution in [3.05, 3.63) is 98.8 Å². The number of benzene rings is 3. The topological polar surface area (TPSA) is 559 Å². The summed E-state index contributed by atoms with van der Waals surface area (Å²) in [4.78, 5) is 109. The summed E-state index contributed by atoms with van der Waals surface area (Å²) < 4.78 is 141. The highest BCUT2D eigenvalue weighted by Gasteiger charge is 2.54. The third-order valence-corrected chi connectivity index (χ3v) is 18.4. The van der Waals surface area contributed by atoms with E-state index < -0.39 is 211 Å². The summed E-state index contributed by atoms with van der Waals surface area (Å²) in [6.45, 7) is -1.44. The third-order valence-electron chi connectivity index (χ3n) is 16.7. The maximum atomic E-state index is 14.5. The van der Waals surface area contributed by atoms with Crippen molar-refractivity contribution in [3.63, 3.8) is 0 Å². The lowest BCUT2D eigenvalue weighted by Gasteiger charge is -2.49. The summed E-state index contributed by atoms with van der Waals surface area (Å²) in [5.74, 6) is -6.48. The number of ether oxygens (including phenoxy) is 8. The van der Waals surface area contributed by atoms with Gasteiger partial charge >= 0.3 is 28.2 Å². The van der Waals surface area contributed by atoms with E-state index in [2.05, 4.69) is 20.9 Å². The molecule has 4 aromatic rings. The van der Waals surface area contributed by atoms with Crippen LogP contribution in [0.1, 0.15) is 92.0 Å². The zero-order valence-corrected chi connectivity index (χ0v) is 55.3. The Kier molecular flexibility index (Phi) is 28.9. The molecule has 2 saturated heterocycles. The van der Waals surface area contributed by atoms with Crippen LogP contribution in [0.2, 0.25) is 0 Å². The number of carboxylic acid groups (broad SMARTS) is 1. The number of carboxylic acids is 1. The Labute approximate surface area is 565 Å². The standard InChI is InChI=1S/C60H77N5O28S2.O3S/c1-30-48(71)50(73)51(74)58(88-30)93-52-38(63-55(75)39-25-45(69)65-60(79)64-39)22-34(23-41(52)90-59-54(92-57(78)32-12-6-3-7-13-32)53(49(72)43(27-66)91-59)89-42(56(76)77)20-31-10-4-2-5-11-31)40(68)16-9-17-61-46(70)29-87-19-18-86-28-35(67)26-62-37-15-8-14-33-21-36(94(80,81)82)24-44(47(33)37)95(83,84)85;1-4(2)3/h3,6-8,12-15,21,24-25,30-31,34,38,41-43,48-54,58-59,62,66,71-74H,2,4-5,9-11,16-20,22-23,26-29H2,1H3,(H,61,70)(H,63,75)(H,76,77)(H,80,81,82)(H,83,84,85)(H2,64,65,69,79);/t30?,34?,38?,41?,42-,43?,48?,49?,50?,51?,52?,53?,54?,58?,59?;/m0./s1. The number of fused-ring (bicyclic) bond motifs is 1. The molecule has 99 heavy (non-hydrogen) atoms. The Bertz CT molecular complexity index is 3920. The molecular formula is C60H77N5O31S3. The van der Waals surface area contributed by atoms with Gasteiger partial charge in [0.25, 0.3) is 31.7 Å². The van der Waals surface area contributed by atoms with E-state index >= 15 is 0 Å². The van der Waals surface area contributed by atoms with Crippen LogP contribution in [0.5, 0.6) is 0 Å². The molecule has 2 amide bonds. The van der Waals surface area contributed by atoms with Gasteiger partial charge in [-0.05, 0) is 74.2 Å². The van der Waals surface area contributed by atoms with Crippen LogP contribution in [0.3, 0.4) is 0 Å². The van der Waals surface area contributed by atoms with Crippen LogP contribution in [0, 0.1) is 11.8 Å². The molecule has 2 aliphatic carbocycles. The number of carbonyl (C=O) groups is 6. The second-order valence-electron chi connectivity index (χ2n) is 23.7. The van der Waals surface area contributed by atoms with Gasteiger partial charge in [-0.25, -0.2) is 14.4 Å². The molecule has 39 heteroatoms. The number of aliphatic hydroxyl groups is 5. The fraction of sp³-hybridized carbons (Fsp3) is 0.567. The van der Waals surface area contributed by atoms with E-state index in [1.807, 2.05) is 4.98 Å². The van der Waals surface area contributed by atoms with E-state index in [1.165, 1.54) is 49.4 Å². The molecule has 3 heterocycles. The van der Waals surface area contributed by atoms with Gasteiger partial charge in [-0.2, -0.15) is 16.8 Å². The first-order valence-electron chi connectivity index (χ1n) is 31.1. The number of hydrogen-bond acceptors (Lipinski definition) is 29. The van der Waals surface area contributed by atoms with E-state index in [4.69, 9.17) is 50.5 Å². The quantitative estimate of drug-likeness (QED) is 0.0149. The van der Waals surface area contributed by atoms with E-state index in [0.29, 0.717) is 18.9 Å². The van der Waals surface area contributed by atoms with Crippen molar-refractivity contribution < 1.29 is 136 Å². The number of hydrogen-bond donors (Lipinski definition) is 13. The van der Waals surface area contributed by atoms with E-state index in [9.17, 15) is 94.9 Å². The zero-order chi connectivity index (χ0) is 72.5. The van der Waals surface area contributed by atoms with Crippen molar-refractivity contribution in [1.82, 2.24) is 20.6 Å². The van der Waals surface area contributed by atoms with Gasteiger partial charge in [-0.15, -0.1) is 12.6 Å². The number of aliphatic carboxylic acids is 1. The van der Waals surface area contributed by atoms with Gasteiger partial charge in [0.05, 0.1) is 55.1 Å². The number of amides is 2. The van der Waals surface area contributed by atoms with Crippen LogP contribution < -0.4 is 27.2 Å². The van der Waals surface area contributed by atoms with E-state index in [-0.39, 0.29) is 79.8 Å². The number of aromatic amines is 2. The van der Waals surface area contributed by atoms with Crippen LogP contribution in [-0.4, -0.2) is 246 Å². The molecule has 0 radical (unpaired) electrons. The van der Waals surface area contributed by atoms with E-state index in [0.717, 1.165) is 31.4 Å². The predicted octanol–water partition coefficient (Wildman–Crippen LogP) is -1.90. The number of Topliss-reactive ketones (excluding diaryl/α,β-unsaturated/α-hetero) is 2. The molecular weight excluding hydrogens is 1380 g/mol. The van der Waals surface area contributed by atoms with Crippen molar-refractivity contribution in [2.24, 2.45) is 11.8 Å². The number of aromatic nitrogens is 2. The number of esters is 1. The SMILES string of the molecule is CC1OC(OC2C(NC(=O)c3cc(=O)[nH]c(=O)[nH]3)CC(C(=O)CCCNC(=O)COCCOCC(=O)CNc3cccc4cc(S(=O)(=O)O)cc(S(=O)(=O)O)c34)CC2OC2OC(CO)C(O)C(O[C@@H](CC3CCCCC3)C(=O)O)C2OC(=O)c2ccccc2)C(O)C(O)C1O.O=S(=O)=O. The highest BCUT2D eigenvalue weighted by Crippen LogP contribution is 2.39. The molecule has 0 bridgehead atoms. The number of carbonyl (C=O) groups excluding carboxylic acids is 5. The van der Waals surface area contributed by atoms with Gasteiger partial charge in [0.2, 0.25) is 5.91 Å². The summed E-state index contributed by atoms with van der Waals surface area (Å²) in [6, 6.07) is 12.4. The van der Waals surface area contributed by atoms with Crippen LogP contribution in [0.25, 0.3) is 10.8 Å². The molecule has 4 fully saturated rings. The lowest BCUT2D eigenvalue weighted by molar-refractivity contribution is -0.347. The molecule has 13 N–H and O–H groups in total. The minimum absolute atomic E-state index is 0.00247. The lowest BCUT2D eigenvalue weighted by atomic mass is 9.78. The lowest BCUT2D eigenvalue weighted by Crippen LogP contribution is -2.65. The zero-order valence-electron chi connectivity index (χ0n) is 52.8. The molecule has 1 aromatic heterocycles. The predicted molar refractivity (Wildman–Crippen MR) is 334 cm³/mol. The number of aliphatic hydroxyl groups excluding tert-OH is 5. The molecule has 0 spiro atoms. The number of anilines is 1. The Morgan fingerprint density at radius 1 is 0.758 bits per heavy atom. The smallest absolute Gasteiger partial charge is 0.425 e. The van der Waals surface area contributed by atoms with Crippen LogP contribution in [0.4, 0.5) is 5.69 Å². The first kappa shape index (κ1) is 78.9. The second-order valence-corrected chi connectivity index (χ2v) is 26.9. The molecule has 8 rings (SSSR count). The summed E-state index contributed by atoms with van der Waals surface area (Å²) in [6.07, 6.45) is -19.6. The van der Waals surface area contributed by atoms with Crippen molar-refractivity contribution >= 4 is 82.6 Å². The average molecular weight is 1460 g/mol. The van der Waals surface area contributed by atoms with Crippen LogP contribution >= 0.6 is 0 Å². The minimum atomic E-state index is -5.04. The van der Waals surface area contributed by atoms with E-state index in [1.54, 1.807) is 6.07 Å². The molecule has 36 nitrogen and oxygen atoms in total. The fourth-order valence-electron chi connectivity index (χ4n) is 11.9. The second kappa shape index (κ2) is 36.3. The van der Waals surface area contributed by atoms with Gasteiger partial charge in [-0.1, -0.05) is 62.4 Å². The first-order chi connectivity index (χ1) is 46.8. The molecule has 3 aromatic carbocycles. The highest BCUT2D eigenvalue weighted by atomic mass is 32.2. The largest absolute Gasteiger partial charge is 0.479 e. The molecule has 15 atom stereocenters.